The summed E-state index contributed by atoms with van der Waals surface area (Å²) < 4.78 is 14.2. The largest absolute Gasteiger partial charge is 0.384 e. The fraction of sp³-hybridized carbons (Fsp3) is 0.125. The van der Waals surface area contributed by atoms with Gasteiger partial charge in [-0.05, 0) is 29.2 Å². The van der Waals surface area contributed by atoms with Crippen molar-refractivity contribution in [2.45, 2.75) is 12.5 Å². The minimum absolute atomic E-state index is 0.297. The number of hydrogen-bond acceptors (Lipinski definition) is 1. The minimum Gasteiger partial charge on any atom is -0.384 e. The molecule has 0 radical (unpaired) electrons. The van der Waals surface area contributed by atoms with Gasteiger partial charge in [-0.2, -0.15) is 0 Å². The van der Waals surface area contributed by atoms with E-state index in [1.54, 1.807) is 18.2 Å². The van der Waals surface area contributed by atoms with Crippen molar-refractivity contribution in [3.8, 4) is 0 Å². The number of hydrogen-bond donors (Lipinski definition) is 1. The lowest BCUT2D eigenvalue weighted by molar-refractivity contribution is 0.219. The SMILES string of the molecule is OC1C2=C(C=CCC=C2)C=C(F)c2ccccc21. The number of aliphatic hydroxyl groups excluding tert-OH is 1. The van der Waals surface area contributed by atoms with E-state index in [1.165, 1.54) is 6.08 Å². The second-order valence-electron chi connectivity index (χ2n) is 4.43. The molecule has 18 heavy (non-hydrogen) atoms. The zero-order chi connectivity index (χ0) is 12.5. The zero-order valence-electron chi connectivity index (χ0n) is 9.81. The molecule has 2 aliphatic carbocycles. The van der Waals surface area contributed by atoms with E-state index in [1.807, 2.05) is 30.4 Å². The average molecular weight is 240 g/mol. The molecule has 0 saturated heterocycles. The van der Waals surface area contributed by atoms with Crippen molar-refractivity contribution in [2.75, 3.05) is 0 Å². The summed E-state index contributed by atoms with van der Waals surface area (Å²) >= 11 is 0. The van der Waals surface area contributed by atoms with Gasteiger partial charge < -0.3 is 5.11 Å². The monoisotopic (exact) mass is 240 g/mol. The van der Waals surface area contributed by atoms with Crippen molar-refractivity contribution in [3.63, 3.8) is 0 Å². The van der Waals surface area contributed by atoms with Crippen LogP contribution in [-0.2, 0) is 0 Å². The number of fused-ring (bicyclic) bond motifs is 1. The smallest absolute Gasteiger partial charge is 0.131 e. The van der Waals surface area contributed by atoms with Crippen molar-refractivity contribution in [2.24, 2.45) is 0 Å². The Morgan fingerprint density at radius 3 is 2.78 bits per heavy atom. The lowest BCUT2D eigenvalue weighted by Crippen LogP contribution is -2.02. The molecule has 2 heteroatoms. The molecule has 3 rings (SSSR count). The lowest BCUT2D eigenvalue weighted by Gasteiger charge is -2.14. The number of rotatable bonds is 0. The summed E-state index contributed by atoms with van der Waals surface area (Å²) in [4.78, 5) is 0. The number of benzene rings is 1. The molecular weight excluding hydrogens is 227 g/mol. The van der Waals surface area contributed by atoms with E-state index in [0.29, 0.717) is 11.1 Å². The highest BCUT2D eigenvalue weighted by molar-refractivity contribution is 5.70. The quantitative estimate of drug-likeness (QED) is 0.730. The van der Waals surface area contributed by atoms with Crippen LogP contribution in [0.1, 0.15) is 23.7 Å². The van der Waals surface area contributed by atoms with Crippen LogP contribution >= 0.6 is 0 Å². The third kappa shape index (κ3) is 1.75. The summed E-state index contributed by atoms with van der Waals surface area (Å²) in [5.74, 6) is -0.297. The molecule has 1 unspecified atom stereocenters. The van der Waals surface area contributed by atoms with Gasteiger partial charge in [-0.1, -0.05) is 48.6 Å². The highest BCUT2D eigenvalue weighted by Crippen LogP contribution is 2.37. The van der Waals surface area contributed by atoms with E-state index in [0.717, 1.165) is 17.6 Å². The Morgan fingerprint density at radius 2 is 1.89 bits per heavy atom. The van der Waals surface area contributed by atoms with Crippen LogP contribution < -0.4 is 0 Å². The molecule has 0 aromatic heterocycles. The van der Waals surface area contributed by atoms with Gasteiger partial charge >= 0.3 is 0 Å². The molecule has 0 fully saturated rings. The van der Waals surface area contributed by atoms with Gasteiger partial charge in [0, 0.05) is 5.56 Å². The van der Waals surface area contributed by atoms with Gasteiger partial charge in [-0.25, -0.2) is 4.39 Å². The molecule has 90 valence electrons. The fourth-order valence-corrected chi connectivity index (χ4v) is 2.38. The van der Waals surface area contributed by atoms with Crippen molar-refractivity contribution in [1.29, 1.82) is 0 Å². The molecule has 2 aliphatic rings. The summed E-state index contributed by atoms with van der Waals surface area (Å²) in [7, 11) is 0. The Labute approximate surface area is 105 Å². The number of allylic oxidation sites excluding steroid dienone is 5. The third-order valence-corrected chi connectivity index (χ3v) is 3.29. The van der Waals surface area contributed by atoms with E-state index in [9.17, 15) is 9.50 Å². The standard InChI is InChI=1S/C16H13FO/c17-15-10-11-6-2-1-3-7-12(11)16(18)14-9-5-4-8-13(14)15/h2-10,16,18H,1H2. The Bertz CT molecular complexity index is 605. The molecular formula is C16H13FO. The van der Waals surface area contributed by atoms with Crippen molar-refractivity contribution >= 4 is 5.83 Å². The molecule has 0 aliphatic heterocycles. The van der Waals surface area contributed by atoms with Crippen LogP contribution in [0.4, 0.5) is 4.39 Å². The second-order valence-corrected chi connectivity index (χ2v) is 4.43. The molecule has 1 nitrogen and oxygen atoms in total. The van der Waals surface area contributed by atoms with Gasteiger partial charge in [0.15, 0.2) is 0 Å². The molecule has 0 saturated carbocycles. The Balaban J connectivity index is 2.25. The van der Waals surface area contributed by atoms with Crippen LogP contribution in [0.25, 0.3) is 5.83 Å². The van der Waals surface area contributed by atoms with E-state index in [4.69, 9.17) is 0 Å². The molecule has 0 heterocycles. The van der Waals surface area contributed by atoms with E-state index in [2.05, 4.69) is 0 Å². The first-order valence-electron chi connectivity index (χ1n) is 5.99. The number of aliphatic hydroxyl groups is 1. The van der Waals surface area contributed by atoms with Gasteiger partial charge in [0.1, 0.15) is 11.9 Å². The maximum absolute atomic E-state index is 14.2. The van der Waals surface area contributed by atoms with E-state index in [-0.39, 0.29) is 5.83 Å². The summed E-state index contributed by atoms with van der Waals surface area (Å²) in [5.41, 5.74) is 2.59. The molecule has 1 aromatic carbocycles. The fourth-order valence-electron chi connectivity index (χ4n) is 2.38. The Hall–Kier alpha value is -1.93. The predicted octanol–water partition coefficient (Wildman–Crippen LogP) is 3.86. The van der Waals surface area contributed by atoms with Crippen LogP contribution in [0.2, 0.25) is 0 Å². The van der Waals surface area contributed by atoms with Crippen molar-refractivity contribution in [3.05, 3.63) is 76.9 Å². The highest BCUT2D eigenvalue weighted by atomic mass is 19.1. The average Bonchev–Trinajstić information content (AvgIpc) is 2.67. The van der Waals surface area contributed by atoms with Gasteiger partial charge in [0.25, 0.3) is 0 Å². The molecule has 0 bridgehead atoms. The maximum Gasteiger partial charge on any atom is 0.131 e. The summed E-state index contributed by atoms with van der Waals surface area (Å²) in [6, 6.07) is 7.06. The van der Waals surface area contributed by atoms with Gasteiger partial charge in [0.2, 0.25) is 0 Å². The first-order valence-corrected chi connectivity index (χ1v) is 5.99. The highest BCUT2D eigenvalue weighted by Gasteiger charge is 2.23. The molecule has 1 atom stereocenters. The topological polar surface area (TPSA) is 20.2 Å². The third-order valence-electron chi connectivity index (χ3n) is 3.29. The van der Waals surface area contributed by atoms with Crippen molar-refractivity contribution in [1.82, 2.24) is 0 Å². The van der Waals surface area contributed by atoms with Gasteiger partial charge in [-0.15, -0.1) is 0 Å². The normalized spacial score (nSPS) is 21.9. The van der Waals surface area contributed by atoms with Crippen molar-refractivity contribution < 1.29 is 9.50 Å². The summed E-state index contributed by atoms with van der Waals surface area (Å²) in [5, 5.41) is 10.4. The van der Waals surface area contributed by atoms with Gasteiger partial charge in [-0.3, -0.25) is 0 Å². The molecule has 1 aromatic rings. The van der Waals surface area contributed by atoms with Crippen LogP contribution in [-0.4, -0.2) is 5.11 Å². The van der Waals surface area contributed by atoms with Crippen LogP contribution in [0.5, 0.6) is 0 Å². The maximum atomic E-state index is 14.2. The lowest BCUT2D eigenvalue weighted by atomic mass is 9.96. The zero-order valence-corrected chi connectivity index (χ0v) is 9.81. The van der Waals surface area contributed by atoms with E-state index >= 15 is 0 Å². The number of halogens is 1. The molecule has 1 N–H and O–H groups in total. The minimum atomic E-state index is -0.778. The van der Waals surface area contributed by atoms with Gasteiger partial charge in [0.05, 0.1) is 0 Å². The molecule has 0 amide bonds. The van der Waals surface area contributed by atoms with Crippen LogP contribution in [0.3, 0.4) is 0 Å². The molecule has 0 spiro atoms. The van der Waals surface area contributed by atoms with Crippen LogP contribution in [0.15, 0.2) is 65.8 Å². The summed E-state index contributed by atoms with van der Waals surface area (Å²) in [6.45, 7) is 0. The van der Waals surface area contributed by atoms with Crippen LogP contribution in [0, 0.1) is 0 Å². The summed E-state index contributed by atoms with van der Waals surface area (Å²) in [6.07, 6.45) is 9.20. The second kappa shape index (κ2) is 4.39. The first kappa shape index (κ1) is 11.2. The predicted molar refractivity (Wildman–Crippen MR) is 70.4 cm³/mol. The Morgan fingerprint density at radius 1 is 1.11 bits per heavy atom. The Kier molecular flexibility index (Phi) is 2.73. The van der Waals surface area contributed by atoms with E-state index < -0.39 is 6.10 Å². The first-order chi connectivity index (χ1) is 8.77.